The standard InChI is InChI=1S/C23H31NO4S/c1-5-24(6-2)14-15-29-22(19-10-8-7-9-11-19)23(25)28-17-18-12-13-20(26-3)21(16-18)27-4/h7-13,16,22H,5-6,14-15,17H2,1-4H3. The van der Waals surface area contributed by atoms with Gasteiger partial charge in [-0.2, -0.15) is 0 Å². The molecule has 6 heteroatoms. The first-order valence-electron chi connectivity index (χ1n) is 9.89. The van der Waals surface area contributed by atoms with Gasteiger partial charge >= 0.3 is 5.97 Å². The zero-order chi connectivity index (χ0) is 21.1. The third-order valence-corrected chi connectivity index (χ3v) is 5.95. The number of nitrogens with zero attached hydrogens (tertiary/aromatic N) is 1. The SMILES string of the molecule is CCN(CC)CCSC(C(=O)OCc1ccc(OC)c(OC)c1)c1ccccc1. The Morgan fingerprint density at radius 2 is 1.69 bits per heavy atom. The smallest absolute Gasteiger partial charge is 0.323 e. The second-order valence-electron chi connectivity index (χ2n) is 6.49. The van der Waals surface area contributed by atoms with Crippen molar-refractivity contribution in [1.82, 2.24) is 4.90 Å². The molecule has 0 amide bonds. The fourth-order valence-electron chi connectivity index (χ4n) is 2.97. The second-order valence-corrected chi connectivity index (χ2v) is 7.70. The van der Waals surface area contributed by atoms with E-state index in [0.29, 0.717) is 11.5 Å². The predicted octanol–water partition coefficient (Wildman–Crippen LogP) is 4.56. The first-order valence-corrected chi connectivity index (χ1v) is 10.9. The molecule has 0 saturated heterocycles. The van der Waals surface area contributed by atoms with E-state index in [2.05, 4.69) is 18.7 Å². The molecule has 1 atom stereocenters. The zero-order valence-corrected chi connectivity index (χ0v) is 18.5. The maximum atomic E-state index is 12.9. The number of esters is 1. The van der Waals surface area contributed by atoms with Crippen LogP contribution in [0.4, 0.5) is 0 Å². The van der Waals surface area contributed by atoms with E-state index in [1.54, 1.807) is 26.0 Å². The van der Waals surface area contributed by atoms with Crippen LogP contribution in [0.15, 0.2) is 48.5 Å². The maximum Gasteiger partial charge on any atom is 0.323 e. The van der Waals surface area contributed by atoms with Crippen molar-refractivity contribution in [3.8, 4) is 11.5 Å². The van der Waals surface area contributed by atoms with E-state index in [0.717, 1.165) is 36.5 Å². The van der Waals surface area contributed by atoms with Crippen molar-refractivity contribution in [2.45, 2.75) is 25.7 Å². The van der Waals surface area contributed by atoms with Crippen LogP contribution in [0.2, 0.25) is 0 Å². The Labute approximate surface area is 178 Å². The summed E-state index contributed by atoms with van der Waals surface area (Å²) in [5, 5.41) is -0.341. The van der Waals surface area contributed by atoms with Crippen LogP contribution in [0.3, 0.4) is 0 Å². The fourth-order valence-corrected chi connectivity index (χ4v) is 4.12. The lowest BCUT2D eigenvalue weighted by Gasteiger charge is -2.20. The molecule has 0 aliphatic rings. The quantitative estimate of drug-likeness (QED) is 0.472. The van der Waals surface area contributed by atoms with Gasteiger partial charge < -0.3 is 19.1 Å². The number of carbonyl (C=O) groups is 1. The van der Waals surface area contributed by atoms with Crippen LogP contribution in [-0.4, -0.2) is 50.5 Å². The normalized spacial score (nSPS) is 11.9. The van der Waals surface area contributed by atoms with Gasteiger partial charge in [-0.3, -0.25) is 4.79 Å². The molecule has 0 aliphatic carbocycles. The third-order valence-electron chi connectivity index (χ3n) is 4.73. The summed E-state index contributed by atoms with van der Waals surface area (Å²) in [6, 6.07) is 15.3. The summed E-state index contributed by atoms with van der Waals surface area (Å²) in [6.45, 7) is 7.47. The van der Waals surface area contributed by atoms with E-state index < -0.39 is 0 Å². The van der Waals surface area contributed by atoms with Crippen molar-refractivity contribution in [3.63, 3.8) is 0 Å². The highest BCUT2D eigenvalue weighted by molar-refractivity contribution is 8.00. The van der Waals surface area contributed by atoms with Crippen molar-refractivity contribution < 1.29 is 19.0 Å². The van der Waals surface area contributed by atoms with Gasteiger partial charge in [-0.25, -0.2) is 0 Å². The molecule has 0 aliphatic heterocycles. The molecule has 158 valence electrons. The lowest BCUT2D eigenvalue weighted by molar-refractivity contribution is -0.144. The maximum absolute atomic E-state index is 12.9. The molecule has 29 heavy (non-hydrogen) atoms. The van der Waals surface area contributed by atoms with E-state index >= 15 is 0 Å². The number of ether oxygens (including phenoxy) is 3. The summed E-state index contributed by atoms with van der Waals surface area (Å²) >= 11 is 1.63. The highest BCUT2D eigenvalue weighted by Gasteiger charge is 2.23. The highest BCUT2D eigenvalue weighted by atomic mass is 32.2. The molecule has 0 aromatic heterocycles. The van der Waals surface area contributed by atoms with Gasteiger partial charge in [0.1, 0.15) is 11.9 Å². The van der Waals surface area contributed by atoms with Crippen molar-refractivity contribution in [1.29, 1.82) is 0 Å². The molecule has 5 nitrogen and oxygen atoms in total. The summed E-state index contributed by atoms with van der Waals surface area (Å²) in [6.07, 6.45) is 0. The molecule has 0 bridgehead atoms. The van der Waals surface area contributed by atoms with Crippen molar-refractivity contribution >= 4 is 17.7 Å². The van der Waals surface area contributed by atoms with E-state index in [1.165, 1.54) is 0 Å². The van der Waals surface area contributed by atoms with Crippen LogP contribution in [0.5, 0.6) is 11.5 Å². The molecular formula is C23H31NO4S. The largest absolute Gasteiger partial charge is 0.493 e. The minimum absolute atomic E-state index is 0.194. The van der Waals surface area contributed by atoms with Gasteiger partial charge in [-0.15, -0.1) is 11.8 Å². The Morgan fingerprint density at radius 1 is 1.00 bits per heavy atom. The number of rotatable bonds is 12. The van der Waals surface area contributed by atoms with Gasteiger partial charge in [0.15, 0.2) is 11.5 Å². The summed E-state index contributed by atoms with van der Waals surface area (Å²) < 4.78 is 16.2. The van der Waals surface area contributed by atoms with Crippen molar-refractivity contribution in [3.05, 3.63) is 59.7 Å². The Bertz CT molecular complexity index is 750. The van der Waals surface area contributed by atoms with E-state index in [4.69, 9.17) is 14.2 Å². The van der Waals surface area contributed by atoms with Gasteiger partial charge in [0.05, 0.1) is 14.2 Å². The van der Waals surface area contributed by atoms with E-state index in [-0.39, 0.29) is 17.8 Å². The predicted molar refractivity (Wildman–Crippen MR) is 119 cm³/mol. The van der Waals surface area contributed by atoms with Gasteiger partial charge in [0.25, 0.3) is 0 Å². The Hall–Kier alpha value is -2.18. The highest BCUT2D eigenvalue weighted by Crippen LogP contribution is 2.31. The molecule has 1 unspecified atom stereocenters. The molecule has 0 fully saturated rings. The van der Waals surface area contributed by atoms with Crippen LogP contribution >= 0.6 is 11.8 Å². The average Bonchev–Trinajstić information content (AvgIpc) is 2.78. The number of methoxy groups -OCH3 is 2. The van der Waals surface area contributed by atoms with Gasteiger partial charge in [0.2, 0.25) is 0 Å². The monoisotopic (exact) mass is 417 g/mol. The van der Waals surface area contributed by atoms with Crippen LogP contribution in [-0.2, 0) is 16.1 Å². The van der Waals surface area contributed by atoms with Gasteiger partial charge in [-0.1, -0.05) is 50.2 Å². The van der Waals surface area contributed by atoms with Crippen LogP contribution in [0, 0.1) is 0 Å². The molecule has 0 spiro atoms. The number of benzene rings is 2. The van der Waals surface area contributed by atoms with Gasteiger partial charge in [0, 0.05) is 12.3 Å². The molecule has 0 heterocycles. The first kappa shape index (κ1) is 23.1. The van der Waals surface area contributed by atoms with Crippen LogP contribution < -0.4 is 9.47 Å². The molecular weight excluding hydrogens is 386 g/mol. The summed E-state index contributed by atoms with van der Waals surface area (Å²) in [5.74, 6) is 1.91. The summed E-state index contributed by atoms with van der Waals surface area (Å²) in [4.78, 5) is 15.2. The minimum atomic E-state index is -0.341. The van der Waals surface area contributed by atoms with E-state index in [9.17, 15) is 4.79 Å². The van der Waals surface area contributed by atoms with Crippen molar-refractivity contribution in [2.24, 2.45) is 0 Å². The number of hydrogen-bond acceptors (Lipinski definition) is 6. The Balaban J connectivity index is 2.03. The van der Waals surface area contributed by atoms with Crippen molar-refractivity contribution in [2.75, 3.05) is 39.6 Å². The molecule has 0 N–H and O–H groups in total. The Kier molecular flexibility index (Phi) is 9.88. The lowest BCUT2D eigenvalue weighted by Crippen LogP contribution is -2.26. The first-order chi connectivity index (χ1) is 14.1. The minimum Gasteiger partial charge on any atom is -0.493 e. The van der Waals surface area contributed by atoms with Gasteiger partial charge in [-0.05, 0) is 36.3 Å². The molecule has 0 radical (unpaired) electrons. The lowest BCUT2D eigenvalue weighted by atomic mass is 10.1. The fraction of sp³-hybridized carbons (Fsp3) is 0.435. The average molecular weight is 418 g/mol. The van der Waals surface area contributed by atoms with E-state index in [1.807, 2.05) is 48.5 Å². The molecule has 2 rings (SSSR count). The number of hydrogen-bond donors (Lipinski definition) is 0. The zero-order valence-electron chi connectivity index (χ0n) is 17.7. The molecule has 2 aromatic rings. The Morgan fingerprint density at radius 3 is 2.31 bits per heavy atom. The number of carbonyl (C=O) groups excluding carboxylic acids is 1. The summed E-state index contributed by atoms with van der Waals surface area (Å²) in [7, 11) is 3.18. The molecule has 2 aromatic carbocycles. The van der Waals surface area contributed by atoms with Crippen LogP contribution in [0.25, 0.3) is 0 Å². The molecule has 0 saturated carbocycles. The topological polar surface area (TPSA) is 48.0 Å². The summed E-state index contributed by atoms with van der Waals surface area (Å²) in [5.41, 5.74) is 1.82. The van der Waals surface area contributed by atoms with Crippen LogP contribution in [0.1, 0.15) is 30.2 Å². The third kappa shape index (κ3) is 6.98. The second kappa shape index (κ2) is 12.4. The number of thioether (sulfide) groups is 1.